The lowest BCUT2D eigenvalue weighted by molar-refractivity contribution is 0.127. The average molecular weight is 300 g/mol. The number of hydrogen-bond acceptors (Lipinski definition) is 3. The smallest absolute Gasteiger partial charge is 0.138 e. The minimum atomic E-state index is -0.0656. The molecule has 1 aromatic rings. The predicted molar refractivity (Wildman–Crippen MR) is 85.8 cm³/mol. The molecule has 2 N–H and O–H groups in total. The van der Waals surface area contributed by atoms with Crippen LogP contribution in [-0.2, 0) is 0 Å². The van der Waals surface area contributed by atoms with Crippen LogP contribution in [0.4, 0.5) is 5.69 Å². The van der Waals surface area contributed by atoms with E-state index in [4.69, 9.17) is 16.3 Å². The van der Waals surface area contributed by atoms with Gasteiger partial charge in [-0.25, -0.2) is 0 Å². The first-order chi connectivity index (χ1) is 9.60. The minimum Gasteiger partial charge on any atom is -0.492 e. The highest BCUT2D eigenvalue weighted by atomic mass is 35.5. The number of aliphatic hydroxyl groups is 1. The summed E-state index contributed by atoms with van der Waals surface area (Å²) in [4.78, 5) is 0. The maximum Gasteiger partial charge on any atom is 0.138 e. The molecule has 0 aliphatic heterocycles. The lowest BCUT2D eigenvalue weighted by atomic mass is 9.83. The van der Waals surface area contributed by atoms with Crippen LogP contribution in [0.5, 0.6) is 5.75 Å². The number of halogens is 1. The SMILES string of the molecule is CCCOc1ccc(NCC(CC)(CC)CO)cc1Cl. The van der Waals surface area contributed by atoms with Gasteiger partial charge in [-0.05, 0) is 37.5 Å². The first-order valence-electron chi connectivity index (χ1n) is 7.38. The maximum atomic E-state index is 9.56. The first-order valence-corrected chi connectivity index (χ1v) is 7.75. The molecule has 0 radical (unpaired) electrons. The van der Waals surface area contributed by atoms with E-state index in [1.54, 1.807) is 0 Å². The summed E-state index contributed by atoms with van der Waals surface area (Å²) in [5, 5.41) is 13.5. The third-order valence-corrected chi connectivity index (χ3v) is 4.19. The third kappa shape index (κ3) is 4.57. The Kier molecular flexibility index (Phi) is 7.17. The fourth-order valence-electron chi connectivity index (χ4n) is 2.01. The van der Waals surface area contributed by atoms with Crippen molar-refractivity contribution >= 4 is 17.3 Å². The van der Waals surface area contributed by atoms with Gasteiger partial charge in [-0.3, -0.25) is 0 Å². The molecule has 0 spiro atoms. The summed E-state index contributed by atoms with van der Waals surface area (Å²) in [6, 6.07) is 5.73. The summed E-state index contributed by atoms with van der Waals surface area (Å²) in [6.45, 7) is 7.88. The summed E-state index contributed by atoms with van der Waals surface area (Å²) in [5.41, 5.74) is 0.891. The van der Waals surface area contributed by atoms with Crippen molar-refractivity contribution in [2.45, 2.75) is 40.0 Å². The Morgan fingerprint density at radius 3 is 2.45 bits per heavy atom. The molecule has 0 bridgehead atoms. The maximum absolute atomic E-state index is 9.56. The van der Waals surface area contributed by atoms with Gasteiger partial charge >= 0.3 is 0 Å². The van der Waals surface area contributed by atoms with Gasteiger partial charge in [-0.2, -0.15) is 0 Å². The Bertz CT molecular complexity index is 397. The molecular weight excluding hydrogens is 274 g/mol. The second kappa shape index (κ2) is 8.38. The highest BCUT2D eigenvalue weighted by Gasteiger charge is 2.24. The highest BCUT2D eigenvalue weighted by Crippen LogP contribution is 2.30. The Balaban J connectivity index is 2.67. The van der Waals surface area contributed by atoms with Crippen LogP contribution in [0.25, 0.3) is 0 Å². The van der Waals surface area contributed by atoms with Gasteiger partial charge in [0, 0.05) is 17.6 Å². The zero-order valence-electron chi connectivity index (χ0n) is 12.7. The number of hydrogen-bond donors (Lipinski definition) is 2. The van der Waals surface area contributed by atoms with E-state index >= 15 is 0 Å². The van der Waals surface area contributed by atoms with Gasteiger partial charge in [0.05, 0.1) is 18.2 Å². The highest BCUT2D eigenvalue weighted by molar-refractivity contribution is 6.32. The Morgan fingerprint density at radius 2 is 1.95 bits per heavy atom. The van der Waals surface area contributed by atoms with Crippen LogP contribution in [0.3, 0.4) is 0 Å². The zero-order valence-corrected chi connectivity index (χ0v) is 13.5. The van der Waals surface area contributed by atoms with Gasteiger partial charge in [-0.1, -0.05) is 32.4 Å². The Morgan fingerprint density at radius 1 is 1.25 bits per heavy atom. The number of benzene rings is 1. The molecule has 1 aromatic carbocycles. The van der Waals surface area contributed by atoms with Crippen molar-refractivity contribution in [3.8, 4) is 5.75 Å². The van der Waals surface area contributed by atoms with E-state index in [1.165, 1.54) is 0 Å². The molecule has 0 atom stereocenters. The van der Waals surface area contributed by atoms with Crippen molar-refractivity contribution in [3.63, 3.8) is 0 Å². The Labute approximate surface area is 127 Å². The molecule has 0 amide bonds. The number of anilines is 1. The molecular formula is C16H26ClNO2. The second-order valence-electron chi connectivity index (χ2n) is 5.21. The molecule has 20 heavy (non-hydrogen) atoms. The summed E-state index contributed by atoms with van der Waals surface area (Å²) < 4.78 is 5.55. The standard InChI is InChI=1S/C16H26ClNO2/c1-4-9-20-15-8-7-13(10-14(15)17)18-11-16(5-2,6-3)12-19/h7-8,10,18-19H,4-6,9,11-12H2,1-3H3. The quantitative estimate of drug-likeness (QED) is 0.713. The number of nitrogens with one attached hydrogen (secondary N) is 1. The van der Waals surface area contributed by atoms with Crippen molar-refractivity contribution in [2.24, 2.45) is 5.41 Å². The summed E-state index contributed by atoms with van der Waals surface area (Å²) in [7, 11) is 0. The van der Waals surface area contributed by atoms with Crippen LogP contribution in [-0.4, -0.2) is 24.9 Å². The molecule has 114 valence electrons. The molecule has 1 rings (SSSR count). The van der Waals surface area contributed by atoms with Crippen molar-refractivity contribution in [2.75, 3.05) is 25.1 Å². The van der Waals surface area contributed by atoms with E-state index in [-0.39, 0.29) is 12.0 Å². The number of ether oxygens (including phenoxy) is 1. The molecule has 0 saturated heterocycles. The number of rotatable bonds is 9. The van der Waals surface area contributed by atoms with E-state index in [2.05, 4.69) is 26.1 Å². The fraction of sp³-hybridized carbons (Fsp3) is 0.625. The molecule has 0 aliphatic rings. The molecule has 3 nitrogen and oxygen atoms in total. The normalized spacial score (nSPS) is 11.4. The summed E-state index contributed by atoms with van der Waals surface area (Å²) in [6.07, 6.45) is 2.85. The van der Waals surface area contributed by atoms with Crippen LogP contribution >= 0.6 is 11.6 Å². The predicted octanol–water partition coefficient (Wildman–Crippen LogP) is 4.34. The van der Waals surface area contributed by atoms with E-state index in [9.17, 15) is 5.11 Å². The molecule has 0 saturated carbocycles. The van der Waals surface area contributed by atoms with Crippen LogP contribution < -0.4 is 10.1 Å². The van der Waals surface area contributed by atoms with Gasteiger partial charge in [0.25, 0.3) is 0 Å². The van der Waals surface area contributed by atoms with E-state index in [1.807, 2.05) is 18.2 Å². The lowest BCUT2D eigenvalue weighted by Gasteiger charge is -2.30. The fourth-order valence-corrected chi connectivity index (χ4v) is 2.24. The first kappa shape index (κ1) is 17.1. The van der Waals surface area contributed by atoms with E-state index in [0.29, 0.717) is 11.6 Å². The number of aliphatic hydroxyl groups excluding tert-OH is 1. The largest absolute Gasteiger partial charge is 0.492 e. The topological polar surface area (TPSA) is 41.5 Å². The molecule has 0 fully saturated rings. The molecule has 0 heterocycles. The molecule has 0 aliphatic carbocycles. The van der Waals surface area contributed by atoms with Crippen molar-refractivity contribution < 1.29 is 9.84 Å². The Hall–Kier alpha value is -0.930. The van der Waals surface area contributed by atoms with Crippen LogP contribution in [0.1, 0.15) is 40.0 Å². The molecule has 0 aromatic heterocycles. The summed E-state index contributed by atoms with van der Waals surface area (Å²) >= 11 is 6.20. The monoisotopic (exact) mass is 299 g/mol. The molecule has 0 unspecified atom stereocenters. The van der Waals surface area contributed by atoms with Crippen LogP contribution in [0, 0.1) is 5.41 Å². The van der Waals surface area contributed by atoms with Crippen molar-refractivity contribution in [3.05, 3.63) is 23.2 Å². The third-order valence-electron chi connectivity index (χ3n) is 3.90. The van der Waals surface area contributed by atoms with Gasteiger partial charge in [-0.15, -0.1) is 0 Å². The summed E-state index contributed by atoms with van der Waals surface area (Å²) in [5.74, 6) is 0.721. The van der Waals surface area contributed by atoms with Crippen molar-refractivity contribution in [1.82, 2.24) is 0 Å². The van der Waals surface area contributed by atoms with Gasteiger partial charge < -0.3 is 15.2 Å². The average Bonchev–Trinajstić information content (AvgIpc) is 2.48. The lowest BCUT2D eigenvalue weighted by Crippen LogP contribution is -2.32. The van der Waals surface area contributed by atoms with Gasteiger partial charge in [0.1, 0.15) is 5.75 Å². The zero-order chi connectivity index (χ0) is 15.0. The second-order valence-corrected chi connectivity index (χ2v) is 5.62. The molecule has 4 heteroatoms. The van der Waals surface area contributed by atoms with Crippen LogP contribution in [0.2, 0.25) is 5.02 Å². The van der Waals surface area contributed by atoms with E-state index < -0.39 is 0 Å². The van der Waals surface area contributed by atoms with Crippen LogP contribution in [0.15, 0.2) is 18.2 Å². The van der Waals surface area contributed by atoms with Crippen molar-refractivity contribution in [1.29, 1.82) is 0 Å². The van der Waals surface area contributed by atoms with Gasteiger partial charge in [0.15, 0.2) is 0 Å². The van der Waals surface area contributed by atoms with E-state index in [0.717, 1.165) is 37.2 Å². The minimum absolute atomic E-state index is 0.0656. The van der Waals surface area contributed by atoms with Gasteiger partial charge in [0.2, 0.25) is 0 Å².